The fourth-order valence-electron chi connectivity index (χ4n) is 1.99. The van der Waals surface area contributed by atoms with Gasteiger partial charge in [0.2, 0.25) is 0 Å². The molecule has 146 valence electrons. The molecule has 0 aromatic rings. The number of aliphatic hydroxyl groups is 1. The largest absolute Gasteiger partial charge is 0.509 e. The summed E-state index contributed by atoms with van der Waals surface area (Å²) in [7, 11) is -2.09. The summed E-state index contributed by atoms with van der Waals surface area (Å²) in [6.07, 6.45) is -3.04. The smallest absolute Gasteiger partial charge is 0.454 e. The second-order valence-corrected chi connectivity index (χ2v) is 14.0. The van der Waals surface area contributed by atoms with Crippen molar-refractivity contribution in [1.29, 1.82) is 0 Å². The molecule has 0 aromatic heterocycles. The van der Waals surface area contributed by atoms with Crippen LogP contribution in [0.5, 0.6) is 0 Å². The van der Waals surface area contributed by atoms with Gasteiger partial charge in [0.15, 0.2) is 26.1 Å². The van der Waals surface area contributed by atoms with E-state index in [9.17, 15) is 14.7 Å². The molecule has 0 spiro atoms. The predicted octanol–water partition coefficient (Wildman–Crippen LogP) is 3.00. The first-order valence-electron chi connectivity index (χ1n) is 8.44. The van der Waals surface area contributed by atoms with Crippen LogP contribution in [0, 0.1) is 0 Å². The molecule has 0 radical (unpaired) electrons. The molecule has 3 atom stereocenters. The molecule has 0 unspecified atom stereocenters. The Balaban J connectivity index is 2.87. The minimum atomic E-state index is -2.09. The van der Waals surface area contributed by atoms with Crippen molar-refractivity contribution in [3.05, 3.63) is 0 Å². The van der Waals surface area contributed by atoms with E-state index in [-0.39, 0.29) is 11.6 Å². The molecule has 0 aromatic carbocycles. The van der Waals surface area contributed by atoms with Crippen LogP contribution < -0.4 is 0 Å². The summed E-state index contributed by atoms with van der Waals surface area (Å²) in [5.41, 5.74) is -2.70. The number of rotatable bonds is 4. The van der Waals surface area contributed by atoms with Crippen molar-refractivity contribution in [2.45, 2.75) is 90.0 Å². The van der Waals surface area contributed by atoms with Crippen molar-refractivity contribution in [2.75, 3.05) is 6.61 Å². The van der Waals surface area contributed by atoms with Crippen LogP contribution in [0.3, 0.4) is 0 Å². The minimum absolute atomic E-state index is 0.0281. The second-order valence-electron chi connectivity index (χ2n) is 9.17. The highest BCUT2D eigenvalue weighted by Gasteiger charge is 2.57. The van der Waals surface area contributed by atoms with E-state index in [0.717, 1.165) is 0 Å². The highest BCUT2D eigenvalue weighted by molar-refractivity contribution is 6.74. The molecule has 25 heavy (non-hydrogen) atoms. The van der Waals surface area contributed by atoms with Crippen LogP contribution >= 0.6 is 0 Å². The maximum absolute atomic E-state index is 12.0. The van der Waals surface area contributed by atoms with Gasteiger partial charge in [-0.15, -0.1) is 0 Å². The van der Waals surface area contributed by atoms with Crippen LogP contribution in [0.2, 0.25) is 18.1 Å². The molecule has 0 aliphatic carbocycles. The average Bonchev–Trinajstić information content (AvgIpc) is 2.56. The van der Waals surface area contributed by atoms with E-state index in [0.29, 0.717) is 0 Å². The molecule has 1 rings (SSSR count). The Kier molecular flexibility index (Phi) is 6.04. The topological polar surface area (TPSA) is 91.3 Å². The van der Waals surface area contributed by atoms with Gasteiger partial charge in [-0.2, -0.15) is 0 Å². The first-order chi connectivity index (χ1) is 11.0. The van der Waals surface area contributed by atoms with E-state index in [4.69, 9.17) is 18.6 Å². The predicted molar refractivity (Wildman–Crippen MR) is 94.8 cm³/mol. The van der Waals surface area contributed by atoms with Gasteiger partial charge in [-0.1, -0.05) is 20.8 Å². The van der Waals surface area contributed by atoms with E-state index in [2.05, 4.69) is 33.9 Å². The van der Waals surface area contributed by atoms with E-state index < -0.39 is 43.9 Å². The van der Waals surface area contributed by atoms with Crippen molar-refractivity contribution >= 4 is 20.4 Å². The molecule has 7 nitrogen and oxygen atoms in total. The number of ether oxygens (including phenoxy) is 3. The van der Waals surface area contributed by atoms with Gasteiger partial charge >= 0.3 is 12.1 Å². The lowest BCUT2D eigenvalue weighted by atomic mass is 9.98. The molecule has 1 saturated heterocycles. The Labute approximate surface area is 151 Å². The van der Waals surface area contributed by atoms with Crippen molar-refractivity contribution in [3.8, 4) is 0 Å². The molecular weight excluding hydrogens is 344 g/mol. The molecule has 1 fully saturated rings. The van der Waals surface area contributed by atoms with Crippen LogP contribution in [-0.2, 0) is 23.4 Å². The van der Waals surface area contributed by atoms with Gasteiger partial charge in [0, 0.05) is 0 Å². The molecule has 0 amide bonds. The number of carbonyl (C=O) groups is 2. The Bertz CT molecular complexity index is 514. The number of cyclic esters (lactones) is 1. The van der Waals surface area contributed by atoms with Crippen LogP contribution in [-0.4, -0.2) is 55.6 Å². The summed E-state index contributed by atoms with van der Waals surface area (Å²) >= 11 is 0. The van der Waals surface area contributed by atoms with Gasteiger partial charge in [-0.25, -0.2) is 9.59 Å². The highest BCUT2D eigenvalue weighted by Crippen LogP contribution is 2.38. The Hall–Kier alpha value is -1.12. The summed E-state index contributed by atoms with van der Waals surface area (Å²) in [5.74, 6) is -0.843. The lowest BCUT2D eigenvalue weighted by Crippen LogP contribution is -2.49. The average molecular weight is 377 g/mol. The van der Waals surface area contributed by atoms with Gasteiger partial charge in [0.05, 0.1) is 6.61 Å². The number of hydrogen-bond acceptors (Lipinski definition) is 7. The third kappa shape index (κ3) is 5.42. The van der Waals surface area contributed by atoms with Gasteiger partial charge in [0.25, 0.3) is 0 Å². The molecule has 1 aliphatic heterocycles. The molecule has 0 saturated carbocycles. The molecule has 1 N–H and O–H groups in total. The molecule has 1 aliphatic rings. The quantitative estimate of drug-likeness (QED) is 0.595. The van der Waals surface area contributed by atoms with Crippen molar-refractivity contribution in [3.63, 3.8) is 0 Å². The third-order valence-electron chi connectivity index (χ3n) is 4.59. The third-order valence-corrected chi connectivity index (χ3v) is 9.09. The lowest BCUT2D eigenvalue weighted by molar-refractivity contribution is -0.155. The first-order valence-corrected chi connectivity index (χ1v) is 11.4. The maximum atomic E-state index is 12.0. The van der Waals surface area contributed by atoms with Crippen molar-refractivity contribution in [1.82, 2.24) is 0 Å². The summed E-state index contributed by atoms with van der Waals surface area (Å²) in [5, 5.41) is 10.4. The fourth-order valence-corrected chi connectivity index (χ4v) is 3.01. The van der Waals surface area contributed by atoms with Crippen LogP contribution in [0.4, 0.5) is 4.79 Å². The highest BCUT2D eigenvalue weighted by atomic mass is 28.4. The Morgan fingerprint density at radius 1 is 1.24 bits per heavy atom. The molecule has 0 bridgehead atoms. The molecular formula is C17H32O7Si. The lowest BCUT2D eigenvalue weighted by Gasteiger charge is -2.37. The van der Waals surface area contributed by atoms with Gasteiger partial charge < -0.3 is 23.7 Å². The van der Waals surface area contributed by atoms with E-state index in [1.807, 2.05) is 0 Å². The maximum Gasteiger partial charge on any atom is 0.509 e. The van der Waals surface area contributed by atoms with Gasteiger partial charge in [-0.3, -0.25) is 0 Å². The van der Waals surface area contributed by atoms with E-state index in [1.54, 1.807) is 20.8 Å². The SMILES string of the molecule is CC(C)(C)OC(=O)O[C@@H]1[C@@H](CO[Si](C)(C)C(C)(C)C)OC(=O)[C@@]1(C)O. The Morgan fingerprint density at radius 3 is 2.20 bits per heavy atom. The van der Waals surface area contributed by atoms with Gasteiger partial charge in [0.1, 0.15) is 5.60 Å². The zero-order valence-corrected chi connectivity index (χ0v) is 17.8. The number of carbonyl (C=O) groups excluding carboxylic acids is 2. The first kappa shape index (κ1) is 21.9. The minimum Gasteiger partial charge on any atom is -0.454 e. The van der Waals surface area contributed by atoms with E-state index in [1.165, 1.54) is 6.92 Å². The molecule has 8 heteroatoms. The van der Waals surface area contributed by atoms with Gasteiger partial charge in [-0.05, 0) is 45.8 Å². The van der Waals surface area contributed by atoms with Crippen molar-refractivity contribution < 1.29 is 33.3 Å². The summed E-state index contributed by atoms with van der Waals surface area (Å²) in [4.78, 5) is 23.9. The number of esters is 1. The molecule has 1 heterocycles. The van der Waals surface area contributed by atoms with Crippen LogP contribution in [0.25, 0.3) is 0 Å². The van der Waals surface area contributed by atoms with Crippen LogP contribution in [0.15, 0.2) is 0 Å². The van der Waals surface area contributed by atoms with Crippen LogP contribution in [0.1, 0.15) is 48.5 Å². The monoisotopic (exact) mass is 376 g/mol. The fraction of sp³-hybridized carbons (Fsp3) is 0.882. The Morgan fingerprint density at radius 2 is 1.76 bits per heavy atom. The normalized spacial score (nSPS) is 27.8. The van der Waals surface area contributed by atoms with Crippen molar-refractivity contribution in [2.24, 2.45) is 0 Å². The summed E-state index contributed by atoms with van der Waals surface area (Å²) in [6, 6.07) is 0. The summed E-state index contributed by atoms with van der Waals surface area (Å²) in [6.45, 7) is 16.8. The second kappa shape index (κ2) is 6.89. The number of hydrogen-bond donors (Lipinski definition) is 1. The summed E-state index contributed by atoms with van der Waals surface area (Å²) < 4.78 is 21.6. The standard InChI is InChI=1S/C17H32O7Si/c1-15(2,3)24-14(19)23-12-11(22-13(18)17(12,7)20)10-21-25(8,9)16(4,5)6/h11-12,20H,10H2,1-9H3/t11-,12-,17+/m1/s1. The zero-order chi connectivity index (χ0) is 19.8. The van der Waals surface area contributed by atoms with E-state index >= 15 is 0 Å². The zero-order valence-electron chi connectivity index (χ0n) is 16.8.